The second-order valence-electron chi connectivity index (χ2n) is 8.42. The summed E-state index contributed by atoms with van der Waals surface area (Å²) in [4.78, 5) is 54.8. The molecule has 2 heterocycles. The Hall–Kier alpha value is -3.06. The molecule has 0 N–H and O–H groups in total. The zero-order chi connectivity index (χ0) is 26.5. The number of aromatic nitrogens is 1. The monoisotopic (exact) mass is 539 g/mol. The lowest BCUT2D eigenvalue weighted by atomic mass is 10.0. The van der Waals surface area contributed by atoms with E-state index in [4.69, 9.17) is 9.47 Å². The van der Waals surface area contributed by atoms with E-state index in [-0.39, 0.29) is 29.6 Å². The van der Waals surface area contributed by atoms with E-state index in [1.54, 1.807) is 17.9 Å². The molecule has 13 heteroatoms. The Labute approximate surface area is 212 Å². The minimum absolute atomic E-state index is 0.0443. The Bertz CT molecular complexity index is 1340. The van der Waals surface area contributed by atoms with Gasteiger partial charge in [-0.3, -0.25) is 14.4 Å². The van der Waals surface area contributed by atoms with Gasteiger partial charge in [0.15, 0.2) is 14.6 Å². The highest BCUT2D eigenvalue weighted by molar-refractivity contribution is 7.92. The van der Waals surface area contributed by atoms with Gasteiger partial charge in [-0.25, -0.2) is 13.2 Å². The molecule has 1 aliphatic rings. The molecule has 0 bridgehead atoms. The first-order valence-electron chi connectivity index (χ1n) is 11.5. The number of sulfone groups is 1. The highest BCUT2D eigenvalue weighted by Crippen LogP contribution is 2.20. The summed E-state index contributed by atoms with van der Waals surface area (Å²) in [5, 5.41) is 0. The molecule has 0 spiro atoms. The van der Waals surface area contributed by atoms with Crippen LogP contribution < -0.4 is 4.80 Å². The fourth-order valence-electron chi connectivity index (χ4n) is 4.01. The second-order valence-corrected chi connectivity index (χ2v) is 11.5. The molecule has 3 rings (SSSR count). The molecular formula is C23H29N3O8S2. The number of esters is 2. The largest absolute Gasteiger partial charge is 0.465 e. The second kappa shape index (κ2) is 11.8. The van der Waals surface area contributed by atoms with Crippen LogP contribution in [0.25, 0.3) is 10.2 Å². The number of rotatable bonds is 8. The van der Waals surface area contributed by atoms with Crippen molar-refractivity contribution in [1.29, 1.82) is 0 Å². The number of piperidine rings is 1. The Morgan fingerprint density at radius 3 is 2.58 bits per heavy atom. The van der Waals surface area contributed by atoms with Crippen LogP contribution in [0.3, 0.4) is 0 Å². The maximum Gasteiger partial charge on any atom is 0.337 e. The molecule has 1 aromatic heterocycles. The Morgan fingerprint density at radius 2 is 1.92 bits per heavy atom. The van der Waals surface area contributed by atoms with Crippen molar-refractivity contribution in [2.75, 3.05) is 31.8 Å². The number of fused-ring (bicyclic) bond motifs is 1. The number of nitrogens with zero attached hydrogens (tertiary/aromatic N) is 3. The summed E-state index contributed by atoms with van der Waals surface area (Å²) in [6, 6.07) is 4.57. The molecular weight excluding hydrogens is 510 g/mol. The normalized spacial score (nSPS) is 16.7. The number of benzene rings is 1. The standard InChI is InChI=1S/C23H29N3O8S2/c1-4-34-21(29)12-26-17-9-8-16(22(30)33-3)11-18(17)35-23(26)24-19(27)13-36(31,32)14-20(28)25-10-6-5-7-15(25)2/h8-9,11,15H,4-7,10,12-14H2,1-3H3. The minimum atomic E-state index is -4.06. The average Bonchev–Trinajstić information content (AvgIpc) is 3.13. The smallest absolute Gasteiger partial charge is 0.337 e. The van der Waals surface area contributed by atoms with Crippen LogP contribution in [0.5, 0.6) is 0 Å². The van der Waals surface area contributed by atoms with E-state index >= 15 is 0 Å². The maximum atomic E-state index is 12.6. The van der Waals surface area contributed by atoms with E-state index in [0.29, 0.717) is 16.8 Å². The number of likely N-dealkylation sites (tertiary alicyclic amines) is 1. The summed E-state index contributed by atoms with van der Waals surface area (Å²) < 4.78 is 36.9. The third-order valence-electron chi connectivity index (χ3n) is 5.73. The van der Waals surface area contributed by atoms with E-state index in [0.717, 1.165) is 30.6 Å². The maximum absolute atomic E-state index is 12.6. The highest BCUT2D eigenvalue weighted by atomic mass is 32.2. The van der Waals surface area contributed by atoms with Gasteiger partial charge < -0.3 is 18.9 Å². The van der Waals surface area contributed by atoms with Gasteiger partial charge in [-0.15, -0.1) is 0 Å². The molecule has 36 heavy (non-hydrogen) atoms. The third kappa shape index (κ3) is 6.78. The van der Waals surface area contributed by atoms with Gasteiger partial charge in [0.25, 0.3) is 5.91 Å². The number of ether oxygens (including phenoxy) is 2. The zero-order valence-corrected chi connectivity index (χ0v) is 22.0. The molecule has 1 aromatic carbocycles. The molecule has 0 aliphatic carbocycles. The van der Waals surface area contributed by atoms with Crippen molar-refractivity contribution < 1.29 is 37.1 Å². The van der Waals surface area contributed by atoms with Crippen molar-refractivity contribution in [1.82, 2.24) is 9.47 Å². The number of carbonyl (C=O) groups excluding carboxylic acids is 4. The van der Waals surface area contributed by atoms with Gasteiger partial charge in [-0.1, -0.05) is 11.3 Å². The predicted octanol–water partition coefficient (Wildman–Crippen LogP) is 1.30. The van der Waals surface area contributed by atoms with Gasteiger partial charge >= 0.3 is 11.9 Å². The van der Waals surface area contributed by atoms with E-state index in [1.165, 1.54) is 23.8 Å². The SMILES string of the molecule is CCOC(=O)Cn1c(=NC(=O)CS(=O)(=O)CC(=O)N2CCCCC2C)sc2cc(C(=O)OC)ccc21. The first kappa shape index (κ1) is 27.5. The van der Waals surface area contributed by atoms with E-state index < -0.39 is 45.1 Å². The zero-order valence-electron chi connectivity index (χ0n) is 20.4. The van der Waals surface area contributed by atoms with Crippen molar-refractivity contribution >= 4 is 55.1 Å². The van der Waals surface area contributed by atoms with Gasteiger partial charge in [0, 0.05) is 12.6 Å². The molecule has 11 nitrogen and oxygen atoms in total. The molecule has 1 saturated heterocycles. The van der Waals surface area contributed by atoms with Crippen LogP contribution in [0.4, 0.5) is 0 Å². The van der Waals surface area contributed by atoms with Crippen molar-refractivity contribution in [3.8, 4) is 0 Å². The van der Waals surface area contributed by atoms with E-state index in [1.807, 2.05) is 6.92 Å². The Morgan fingerprint density at radius 1 is 1.17 bits per heavy atom. The topological polar surface area (TPSA) is 141 Å². The summed E-state index contributed by atoms with van der Waals surface area (Å²) in [7, 11) is -2.81. The van der Waals surface area contributed by atoms with Crippen molar-refractivity contribution in [2.45, 2.75) is 45.7 Å². The average molecular weight is 540 g/mol. The number of hydrogen-bond acceptors (Lipinski definition) is 9. The lowest BCUT2D eigenvalue weighted by molar-refractivity contribution is -0.143. The molecule has 196 valence electrons. The van der Waals surface area contributed by atoms with Gasteiger partial charge in [-0.05, 0) is 51.3 Å². The fraction of sp³-hybridized carbons (Fsp3) is 0.522. The van der Waals surface area contributed by atoms with E-state index in [2.05, 4.69) is 4.99 Å². The Balaban J connectivity index is 1.88. The number of carbonyl (C=O) groups is 4. The fourth-order valence-corrected chi connectivity index (χ4v) is 6.18. The predicted molar refractivity (Wildman–Crippen MR) is 132 cm³/mol. The first-order valence-corrected chi connectivity index (χ1v) is 14.1. The molecule has 2 amide bonds. The van der Waals surface area contributed by atoms with Crippen LogP contribution in [0, 0.1) is 0 Å². The molecule has 2 aromatic rings. The molecule has 0 radical (unpaired) electrons. The van der Waals surface area contributed by atoms with Crippen LogP contribution >= 0.6 is 11.3 Å². The van der Waals surface area contributed by atoms with E-state index in [9.17, 15) is 27.6 Å². The van der Waals surface area contributed by atoms with Gasteiger partial charge in [0.05, 0.1) is 29.5 Å². The van der Waals surface area contributed by atoms with Gasteiger partial charge in [0.2, 0.25) is 5.91 Å². The summed E-state index contributed by atoms with van der Waals surface area (Å²) in [5.74, 6) is -4.33. The van der Waals surface area contributed by atoms with Gasteiger partial charge in [-0.2, -0.15) is 4.99 Å². The van der Waals surface area contributed by atoms with Gasteiger partial charge in [0.1, 0.15) is 18.1 Å². The number of methoxy groups -OCH3 is 1. The lowest BCUT2D eigenvalue weighted by Gasteiger charge is -2.33. The molecule has 1 fully saturated rings. The van der Waals surface area contributed by atoms with Crippen LogP contribution in [0.1, 0.15) is 43.5 Å². The van der Waals surface area contributed by atoms with Crippen molar-refractivity contribution in [2.24, 2.45) is 4.99 Å². The lowest BCUT2D eigenvalue weighted by Crippen LogP contribution is -2.45. The third-order valence-corrected chi connectivity index (χ3v) is 8.14. The van der Waals surface area contributed by atoms with Crippen LogP contribution in [0.15, 0.2) is 23.2 Å². The molecule has 0 saturated carbocycles. The molecule has 1 unspecified atom stereocenters. The van der Waals surface area contributed by atoms with Crippen LogP contribution in [-0.4, -0.2) is 79.4 Å². The molecule has 1 aliphatic heterocycles. The summed E-state index contributed by atoms with van der Waals surface area (Å²) in [6.07, 6.45) is 2.61. The summed E-state index contributed by atoms with van der Waals surface area (Å²) in [6.45, 7) is 3.91. The quantitative estimate of drug-likeness (QED) is 0.457. The first-order chi connectivity index (χ1) is 17.0. The van der Waals surface area contributed by atoms with Crippen LogP contribution in [-0.2, 0) is 40.2 Å². The summed E-state index contributed by atoms with van der Waals surface area (Å²) in [5.41, 5.74) is 0.768. The van der Waals surface area contributed by atoms with Crippen molar-refractivity contribution in [3.63, 3.8) is 0 Å². The minimum Gasteiger partial charge on any atom is -0.465 e. The van der Waals surface area contributed by atoms with Crippen LogP contribution in [0.2, 0.25) is 0 Å². The molecule has 1 atom stereocenters. The highest BCUT2D eigenvalue weighted by Gasteiger charge is 2.28. The number of thiazole rings is 1. The van der Waals surface area contributed by atoms with Crippen molar-refractivity contribution in [3.05, 3.63) is 28.6 Å². The Kier molecular flexibility index (Phi) is 9.01. The number of hydrogen-bond donors (Lipinski definition) is 0. The number of amides is 2. The summed E-state index contributed by atoms with van der Waals surface area (Å²) >= 11 is 1.01.